The van der Waals surface area contributed by atoms with Crippen LogP contribution < -0.4 is 42.6 Å². The van der Waals surface area contributed by atoms with Gasteiger partial charge < -0.3 is 47.4 Å². The Morgan fingerprint density at radius 1 is 0.705 bits per heavy atom. The van der Waals surface area contributed by atoms with Crippen LogP contribution in [0.2, 0.25) is 0 Å². The number of guanidine groups is 1. The summed E-state index contributed by atoms with van der Waals surface area (Å²) in [4.78, 5) is 58.1. The number of unbranched alkanes of at least 4 members (excludes halogenated alkanes) is 1. The number of carbonyl (C=O) groups is 4. The number of aliphatic imine (C=N–C) groups is 1. The van der Waals surface area contributed by atoms with E-state index in [0.717, 1.165) is 38.2 Å². The number of nitrogens with two attached hydrogens (primary N) is 3. The van der Waals surface area contributed by atoms with Crippen molar-refractivity contribution in [3.8, 4) is 22.6 Å². The van der Waals surface area contributed by atoms with Gasteiger partial charge in [0.2, 0.25) is 11.8 Å². The van der Waals surface area contributed by atoms with Crippen LogP contribution in [0.5, 0.6) is 11.5 Å². The zero-order chi connectivity index (χ0) is 43.6. The minimum atomic E-state index is -1.10. The number of hydrogen-bond acceptors (Lipinski definition) is 9. The van der Waals surface area contributed by atoms with Crippen LogP contribution in [-0.2, 0) is 30.5 Å². The average Bonchev–Trinajstić information content (AvgIpc) is 3.27. The number of amides is 3. The molecule has 5 rings (SSSR count). The normalized spacial score (nSPS) is 12.4. The fourth-order valence-electron chi connectivity index (χ4n) is 6.82. The second kappa shape index (κ2) is 23.0. The van der Waals surface area contributed by atoms with Crippen molar-refractivity contribution in [3.63, 3.8) is 0 Å². The number of rotatable bonds is 23. The lowest BCUT2D eigenvalue weighted by atomic mass is 9.92. The molecule has 0 saturated heterocycles. The zero-order valence-electron chi connectivity index (χ0n) is 34.4. The van der Waals surface area contributed by atoms with Gasteiger partial charge in [-0.2, -0.15) is 0 Å². The highest BCUT2D eigenvalue weighted by molar-refractivity contribution is 6.10. The van der Waals surface area contributed by atoms with E-state index in [9.17, 15) is 19.2 Å². The minimum Gasteiger partial charge on any atom is -0.489 e. The van der Waals surface area contributed by atoms with Gasteiger partial charge in [-0.15, -0.1) is 0 Å². The number of nitrogens with zero attached hydrogens (tertiary/aromatic N) is 1. The summed E-state index contributed by atoms with van der Waals surface area (Å²) < 4.78 is 17.9. The summed E-state index contributed by atoms with van der Waals surface area (Å²) in [5, 5.41) is 12.0. The lowest BCUT2D eigenvalue weighted by Crippen LogP contribution is -2.55. The van der Waals surface area contributed by atoms with E-state index in [0.29, 0.717) is 37.3 Å². The van der Waals surface area contributed by atoms with Gasteiger partial charge in [0.05, 0.1) is 0 Å². The predicted molar refractivity (Wildman–Crippen MR) is 239 cm³/mol. The van der Waals surface area contributed by atoms with Gasteiger partial charge in [-0.05, 0) is 84.8 Å². The Labute approximate surface area is 355 Å². The van der Waals surface area contributed by atoms with E-state index in [1.165, 1.54) is 6.92 Å². The second-order valence-corrected chi connectivity index (χ2v) is 14.4. The van der Waals surface area contributed by atoms with Gasteiger partial charge in [0.15, 0.2) is 12.6 Å². The molecule has 0 spiro atoms. The molecule has 0 heterocycles. The number of carbonyl (C=O) groups excluding carboxylic acids is 4. The molecule has 0 aliphatic carbocycles. The van der Waals surface area contributed by atoms with Crippen molar-refractivity contribution in [1.82, 2.24) is 16.0 Å². The average molecular weight is 830 g/mol. The van der Waals surface area contributed by atoms with E-state index >= 15 is 0 Å². The molecule has 5 aromatic rings. The van der Waals surface area contributed by atoms with E-state index in [4.69, 9.17) is 31.4 Å². The van der Waals surface area contributed by atoms with Crippen LogP contribution in [0.3, 0.4) is 0 Å². The van der Waals surface area contributed by atoms with Crippen LogP contribution in [0.4, 0.5) is 0 Å². The molecule has 0 fully saturated rings. The molecule has 0 aliphatic rings. The van der Waals surface area contributed by atoms with Crippen LogP contribution in [0.15, 0.2) is 121 Å². The Bertz CT molecular complexity index is 2310. The summed E-state index contributed by atoms with van der Waals surface area (Å²) in [7, 11) is 0. The van der Waals surface area contributed by atoms with Crippen LogP contribution in [0.25, 0.3) is 32.7 Å². The Kier molecular flexibility index (Phi) is 17.0. The minimum absolute atomic E-state index is 0.0307. The van der Waals surface area contributed by atoms with Crippen molar-refractivity contribution in [1.29, 1.82) is 0 Å². The highest BCUT2D eigenvalue weighted by atomic mass is 16.5. The number of nitrogens with one attached hydrogen (secondary N) is 3. The molecule has 3 amide bonds. The fourth-order valence-corrected chi connectivity index (χ4v) is 6.82. The quantitative estimate of drug-likeness (QED) is 0.0170. The monoisotopic (exact) mass is 829 g/mol. The van der Waals surface area contributed by atoms with Crippen LogP contribution >= 0.6 is 0 Å². The Balaban J connectivity index is 1.34. The van der Waals surface area contributed by atoms with Crippen molar-refractivity contribution in [2.24, 2.45) is 22.2 Å². The van der Waals surface area contributed by atoms with E-state index in [1.807, 2.05) is 103 Å². The van der Waals surface area contributed by atoms with Crippen molar-refractivity contribution < 1.29 is 33.4 Å². The zero-order valence-corrected chi connectivity index (χ0v) is 34.4. The topological polar surface area (TPSA) is 222 Å². The molecule has 61 heavy (non-hydrogen) atoms. The molecule has 0 aromatic heterocycles. The van der Waals surface area contributed by atoms with Gasteiger partial charge in [0.25, 0.3) is 5.91 Å². The standard InChI is InChI=1S/C47H55N7O7/c1-3-28-59-39-24-22-33-16-7-9-18-35(33)42(39)43-36-19-10-8-17-34(36)23-25-40(43)60-30-41(55)53-37(20-11-12-26-48)45(57)54-38(21-13-27-51-47(49)50)44(56)52-31(2)46(58)61-29-32-14-5-4-6-15-32/h3-10,14-19,22-25,31,37-38H,1,11-13,20-21,26-30,48H2,2H3,(H,52,56)(H,53,55)(H,54,57)(H4,49,50,51)/t31-,37+,38+/m0/s1. The molecule has 9 N–H and O–H groups in total. The molecule has 14 nitrogen and oxygen atoms in total. The van der Waals surface area contributed by atoms with Crippen LogP contribution in [-0.4, -0.2) is 74.1 Å². The van der Waals surface area contributed by atoms with Gasteiger partial charge in [-0.1, -0.05) is 104 Å². The van der Waals surface area contributed by atoms with E-state index in [1.54, 1.807) is 6.08 Å². The largest absolute Gasteiger partial charge is 0.489 e. The first-order valence-corrected chi connectivity index (χ1v) is 20.4. The molecule has 0 saturated carbocycles. The van der Waals surface area contributed by atoms with Gasteiger partial charge >= 0.3 is 5.97 Å². The maximum Gasteiger partial charge on any atom is 0.328 e. The lowest BCUT2D eigenvalue weighted by Gasteiger charge is -2.24. The van der Waals surface area contributed by atoms with Gasteiger partial charge in [-0.25, -0.2) is 4.79 Å². The smallest absolute Gasteiger partial charge is 0.328 e. The first-order valence-electron chi connectivity index (χ1n) is 20.4. The number of ether oxygens (including phenoxy) is 3. The molecule has 0 bridgehead atoms. The highest BCUT2D eigenvalue weighted by Crippen LogP contribution is 2.45. The third-order valence-corrected chi connectivity index (χ3v) is 9.86. The molecule has 320 valence electrons. The van der Waals surface area contributed by atoms with E-state index in [-0.39, 0.29) is 38.6 Å². The predicted octanol–water partition coefficient (Wildman–Crippen LogP) is 5.00. The Hall–Kier alpha value is -6.93. The Morgan fingerprint density at radius 3 is 1.90 bits per heavy atom. The first kappa shape index (κ1) is 45.2. The Morgan fingerprint density at radius 2 is 1.28 bits per heavy atom. The summed E-state index contributed by atoms with van der Waals surface area (Å²) in [5.74, 6) is -1.48. The van der Waals surface area contributed by atoms with E-state index in [2.05, 4.69) is 27.5 Å². The van der Waals surface area contributed by atoms with Crippen molar-refractivity contribution >= 4 is 51.2 Å². The summed E-state index contributed by atoms with van der Waals surface area (Å²) in [6.45, 7) is 5.78. The number of esters is 1. The van der Waals surface area contributed by atoms with Gasteiger partial charge in [0, 0.05) is 17.7 Å². The number of fused-ring (bicyclic) bond motifs is 2. The molecule has 14 heteroatoms. The SMILES string of the molecule is C=CCOc1ccc2ccccc2c1-c1c(OCC(=O)N[C@H](CCCCN)C(=O)N[C@H](CCCN=C(N)N)C(=O)N[C@@H](C)C(=O)OCc2ccccc2)ccc2ccccc12. The van der Waals surface area contributed by atoms with E-state index < -0.39 is 48.4 Å². The molecule has 0 unspecified atom stereocenters. The third kappa shape index (κ3) is 13.0. The summed E-state index contributed by atoms with van der Waals surface area (Å²) >= 11 is 0. The van der Waals surface area contributed by atoms with Gasteiger partial charge in [0.1, 0.15) is 42.8 Å². The molecule has 0 aliphatic heterocycles. The van der Waals surface area contributed by atoms with Crippen molar-refractivity contribution in [3.05, 3.63) is 121 Å². The van der Waals surface area contributed by atoms with Crippen molar-refractivity contribution in [2.75, 3.05) is 26.3 Å². The molecular weight excluding hydrogens is 775 g/mol. The molecule has 5 aromatic carbocycles. The summed E-state index contributed by atoms with van der Waals surface area (Å²) in [6, 6.07) is 29.5. The van der Waals surface area contributed by atoms with Gasteiger partial charge in [-0.3, -0.25) is 19.4 Å². The lowest BCUT2D eigenvalue weighted by molar-refractivity contribution is -0.148. The number of benzene rings is 5. The number of hydrogen-bond donors (Lipinski definition) is 6. The van der Waals surface area contributed by atoms with Crippen molar-refractivity contribution in [2.45, 2.75) is 63.8 Å². The first-order chi connectivity index (χ1) is 29.6. The van der Waals surface area contributed by atoms with Crippen LogP contribution in [0.1, 0.15) is 44.6 Å². The molecule has 0 radical (unpaired) electrons. The summed E-state index contributed by atoms with van der Waals surface area (Å²) in [6.07, 6.45) is 3.49. The highest BCUT2D eigenvalue weighted by Gasteiger charge is 2.29. The maximum absolute atomic E-state index is 14.0. The molecular formula is C47H55N7O7. The van der Waals surface area contributed by atoms with Crippen LogP contribution in [0, 0.1) is 0 Å². The third-order valence-electron chi connectivity index (χ3n) is 9.86. The fraction of sp³-hybridized carbons (Fsp3) is 0.298. The summed E-state index contributed by atoms with van der Waals surface area (Å²) in [5.41, 5.74) is 19.1. The second-order valence-electron chi connectivity index (χ2n) is 14.4. The molecule has 3 atom stereocenters. The maximum atomic E-state index is 14.0.